The van der Waals surface area contributed by atoms with E-state index in [2.05, 4.69) is 40.3 Å². The fraction of sp³-hybridized carbons (Fsp3) is 0.125. The van der Waals surface area contributed by atoms with Gasteiger partial charge in [0.15, 0.2) is 0 Å². The van der Waals surface area contributed by atoms with Crippen molar-refractivity contribution in [3.63, 3.8) is 0 Å². The molecule has 0 spiro atoms. The predicted octanol–water partition coefficient (Wildman–Crippen LogP) is 1.61. The number of aryl methyl sites for hydroxylation is 2. The molecule has 0 fully saturated rings. The molecule has 0 aliphatic carbocycles. The standard InChI is InChI=1S/2C8H7N4.Pt/c2*1-6-4-8(12-11-6)7-2-3-9-5-10-7;/h2*2-5H,1H3;/q2*-1;+2. The van der Waals surface area contributed by atoms with Gasteiger partial charge in [0.05, 0.1) is 11.4 Å². The molecule has 0 aliphatic heterocycles. The molecule has 0 bridgehead atoms. The van der Waals surface area contributed by atoms with Crippen LogP contribution in [0.25, 0.3) is 22.8 Å². The van der Waals surface area contributed by atoms with Gasteiger partial charge in [0, 0.05) is 23.8 Å². The molecule has 0 saturated carbocycles. The molecule has 0 radical (unpaired) electrons. The van der Waals surface area contributed by atoms with Crippen LogP contribution in [0.5, 0.6) is 0 Å². The molecule has 0 aliphatic rings. The Morgan fingerprint density at radius 2 is 1.16 bits per heavy atom. The van der Waals surface area contributed by atoms with Crippen molar-refractivity contribution in [3.05, 3.63) is 60.7 Å². The second-order valence-electron chi connectivity index (χ2n) is 4.93. The second-order valence-corrected chi connectivity index (χ2v) is 4.93. The number of aromatic nitrogens is 8. The van der Waals surface area contributed by atoms with E-state index in [0.717, 1.165) is 34.2 Å². The summed E-state index contributed by atoms with van der Waals surface area (Å²) < 4.78 is 0. The fourth-order valence-corrected chi connectivity index (χ4v) is 1.91. The molecule has 128 valence electrons. The van der Waals surface area contributed by atoms with Crippen LogP contribution in [0.2, 0.25) is 0 Å². The average molecular weight is 513 g/mol. The van der Waals surface area contributed by atoms with E-state index in [9.17, 15) is 0 Å². The van der Waals surface area contributed by atoms with E-state index >= 15 is 0 Å². The first-order chi connectivity index (χ1) is 11.7. The van der Waals surface area contributed by atoms with E-state index in [-0.39, 0.29) is 21.1 Å². The molecule has 4 rings (SSSR count). The van der Waals surface area contributed by atoms with Crippen LogP contribution in [0.4, 0.5) is 0 Å². The third kappa shape index (κ3) is 5.12. The molecule has 0 saturated heterocycles. The summed E-state index contributed by atoms with van der Waals surface area (Å²) in [5.74, 6) is 0. The summed E-state index contributed by atoms with van der Waals surface area (Å²) in [6.07, 6.45) is 6.37. The molecule has 4 aromatic heterocycles. The number of nitrogens with zero attached hydrogens (tertiary/aromatic N) is 8. The zero-order chi connectivity index (χ0) is 16.8. The monoisotopic (exact) mass is 513 g/mol. The van der Waals surface area contributed by atoms with Gasteiger partial charge >= 0.3 is 21.1 Å². The Morgan fingerprint density at radius 1 is 0.720 bits per heavy atom. The van der Waals surface area contributed by atoms with Gasteiger partial charge in [0.1, 0.15) is 12.7 Å². The topological polar surface area (TPSA) is 106 Å². The van der Waals surface area contributed by atoms with Crippen LogP contribution in [0.1, 0.15) is 11.4 Å². The Labute approximate surface area is 158 Å². The molecule has 25 heavy (non-hydrogen) atoms. The van der Waals surface area contributed by atoms with Crippen LogP contribution >= 0.6 is 0 Å². The minimum atomic E-state index is 0. The van der Waals surface area contributed by atoms with Crippen molar-refractivity contribution in [2.45, 2.75) is 13.8 Å². The molecule has 0 aromatic carbocycles. The van der Waals surface area contributed by atoms with Crippen LogP contribution in [0, 0.1) is 13.8 Å². The maximum Gasteiger partial charge on any atom is 2.00 e. The number of hydrogen-bond acceptors (Lipinski definition) is 6. The maximum atomic E-state index is 4.05. The smallest absolute Gasteiger partial charge is 0.574 e. The summed E-state index contributed by atoms with van der Waals surface area (Å²) in [7, 11) is 0. The van der Waals surface area contributed by atoms with Crippen LogP contribution in [0.3, 0.4) is 0 Å². The van der Waals surface area contributed by atoms with E-state index in [1.807, 2.05) is 38.1 Å². The van der Waals surface area contributed by atoms with Crippen LogP contribution in [0.15, 0.2) is 49.3 Å². The van der Waals surface area contributed by atoms with E-state index in [1.54, 1.807) is 12.4 Å². The second kappa shape index (κ2) is 8.94. The van der Waals surface area contributed by atoms with Gasteiger partial charge in [0.25, 0.3) is 0 Å². The Bertz CT molecular complexity index is 813. The zero-order valence-corrected chi connectivity index (χ0v) is 15.8. The van der Waals surface area contributed by atoms with E-state index < -0.39 is 0 Å². The van der Waals surface area contributed by atoms with Crippen molar-refractivity contribution < 1.29 is 21.1 Å². The van der Waals surface area contributed by atoms with Crippen LogP contribution < -0.4 is 10.2 Å². The third-order valence-corrected chi connectivity index (χ3v) is 3.01. The number of hydrogen-bond donors (Lipinski definition) is 0. The van der Waals surface area contributed by atoms with Crippen molar-refractivity contribution in [2.75, 3.05) is 0 Å². The van der Waals surface area contributed by atoms with Crippen LogP contribution in [-0.2, 0) is 21.1 Å². The largest absolute Gasteiger partial charge is 2.00 e. The Kier molecular flexibility index (Phi) is 6.65. The Morgan fingerprint density at radius 3 is 1.44 bits per heavy atom. The first kappa shape index (κ1) is 18.6. The Hall–Kier alpha value is -2.73. The molecule has 0 unspecified atom stereocenters. The number of rotatable bonds is 2. The van der Waals surface area contributed by atoms with Gasteiger partial charge in [-0.15, -0.1) is 0 Å². The first-order valence-electron chi connectivity index (χ1n) is 7.19. The predicted molar refractivity (Wildman–Crippen MR) is 86.6 cm³/mol. The van der Waals surface area contributed by atoms with E-state index in [4.69, 9.17) is 0 Å². The molecule has 4 aromatic rings. The Balaban J connectivity index is 0.000000173. The van der Waals surface area contributed by atoms with Crippen molar-refractivity contribution in [1.82, 2.24) is 40.3 Å². The minimum absolute atomic E-state index is 0. The average Bonchev–Trinajstić information content (AvgIpc) is 3.26. The van der Waals surface area contributed by atoms with Crippen LogP contribution in [-0.4, -0.2) is 30.1 Å². The molecule has 8 nitrogen and oxygen atoms in total. The van der Waals surface area contributed by atoms with Gasteiger partial charge in [-0.3, -0.25) is 0 Å². The molecule has 0 N–H and O–H groups in total. The minimum Gasteiger partial charge on any atom is -0.574 e. The SMILES string of the molecule is Cc1cc(-c2ccncn2)[n-]n1.Cc1cc(-c2ccncn2)[n-]n1.[Pt+2]. The molecule has 0 atom stereocenters. The maximum absolute atomic E-state index is 4.05. The molecule has 9 heteroatoms. The summed E-state index contributed by atoms with van der Waals surface area (Å²) >= 11 is 0. The zero-order valence-electron chi connectivity index (χ0n) is 13.5. The van der Waals surface area contributed by atoms with Crippen molar-refractivity contribution >= 4 is 0 Å². The van der Waals surface area contributed by atoms with E-state index in [0.29, 0.717) is 0 Å². The van der Waals surface area contributed by atoms with Gasteiger partial charge < -0.3 is 20.4 Å². The molecular formula is C16H14N8Pt. The summed E-state index contributed by atoms with van der Waals surface area (Å²) in [6.45, 7) is 3.80. The quantitative estimate of drug-likeness (QED) is 0.398. The van der Waals surface area contributed by atoms with Gasteiger partial charge in [-0.25, -0.2) is 19.9 Å². The normalized spacial score (nSPS) is 9.68. The molecule has 0 amide bonds. The summed E-state index contributed by atoms with van der Waals surface area (Å²) in [5, 5.41) is 15.7. The fourth-order valence-electron chi connectivity index (χ4n) is 1.91. The molecular weight excluding hydrogens is 499 g/mol. The van der Waals surface area contributed by atoms with Gasteiger partial charge in [-0.05, 0) is 26.0 Å². The summed E-state index contributed by atoms with van der Waals surface area (Å²) in [6, 6.07) is 7.40. The van der Waals surface area contributed by atoms with Crippen molar-refractivity contribution in [2.24, 2.45) is 0 Å². The molecule has 4 heterocycles. The summed E-state index contributed by atoms with van der Waals surface area (Å²) in [5.41, 5.74) is 5.04. The van der Waals surface area contributed by atoms with Gasteiger partial charge in [-0.2, -0.15) is 0 Å². The van der Waals surface area contributed by atoms with Crippen molar-refractivity contribution in [3.8, 4) is 22.8 Å². The van der Waals surface area contributed by atoms with Gasteiger partial charge in [-0.1, -0.05) is 23.5 Å². The third-order valence-electron chi connectivity index (χ3n) is 3.01. The van der Waals surface area contributed by atoms with E-state index in [1.165, 1.54) is 12.7 Å². The first-order valence-corrected chi connectivity index (χ1v) is 7.19. The van der Waals surface area contributed by atoms with Gasteiger partial charge in [0.2, 0.25) is 0 Å². The summed E-state index contributed by atoms with van der Waals surface area (Å²) in [4.78, 5) is 15.7. The van der Waals surface area contributed by atoms with Crippen molar-refractivity contribution in [1.29, 1.82) is 0 Å².